The van der Waals surface area contributed by atoms with E-state index >= 15 is 0 Å². The Labute approximate surface area is 81.2 Å². The zero-order chi connectivity index (χ0) is 9.68. The Bertz CT molecular complexity index is 185. The van der Waals surface area contributed by atoms with Crippen molar-refractivity contribution < 1.29 is 4.79 Å². The number of hydrogen-bond donors (Lipinski definition) is 0. The quantitative estimate of drug-likeness (QED) is 0.606. The molecule has 0 N–H and O–H groups in total. The Hall–Kier alpha value is -0.590. The SMILES string of the molecule is CC(C)C(=O)/C=C/CC1CCCC1. The highest BCUT2D eigenvalue weighted by molar-refractivity contribution is 5.91. The van der Waals surface area contributed by atoms with Crippen molar-refractivity contribution in [3.8, 4) is 0 Å². The largest absolute Gasteiger partial charge is 0.295 e. The molecule has 1 aliphatic rings. The molecule has 1 aliphatic carbocycles. The molecule has 0 radical (unpaired) electrons. The first-order chi connectivity index (χ1) is 6.20. The molecule has 1 nitrogen and oxygen atoms in total. The summed E-state index contributed by atoms with van der Waals surface area (Å²) in [5.41, 5.74) is 0. The van der Waals surface area contributed by atoms with Crippen molar-refractivity contribution in [1.29, 1.82) is 0 Å². The second kappa shape index (κ2) is 5.21. The van der Waals surface area contributed by atoms with Crippen LogP contribution in [0.4, 0.5) is 0 Å². The van der Waals surface area contributed by atoms with Crippen LogP contribution in [0.1, 0.15) is 46.0 Å². The molecule has 74 valence electrons. The predicted octanol–water partition coefficient (Wildman–Crippen LogP) is 3.35. The van der Waals surface area contributed by atoms with Crippen LogP contribution in [-0.2, 0) is 4.79 Å². The molecule has 0 amide bonds. The lowest BCUT2D eigenvalue weighted by Gasteiger charge is -2.03. The lowest BCUT2D eigenvalue weighted by Crippen LogP contribution is -2.02. The lowest BCUT2D eigenvalue weighted by molar-refractivity contribution is -0.117. The molecule has 0 aromatic carbocycles. The van der Waals surface area contributed by atoms with Gasteiger partial charge in [-0.15, -0.1) is 0 Å². The summed E-state index contributed by atoms with van der Waals surface area (Å²) in [6, 6.07) is 0. The van der Waals surface area contributed by atoms with E-state index in [0.29, 0.717) is 0 Å². The summed E-state index contributed by atoms with van der Waals surface area (Å²) in [4.78, 5) is 11.2. The number of hydrogen-bond acceptors (Lipinski definition) is 1. The highest BCUT2D eigenvalue weighted by atomic mass is 16.1. The van der Waals surface area contributed by atoms with E-state index in [1.807, 2.05) is 13.8 Å². The fraction of sp³-hybridized carbons (Fsp3) is 0.750. The molecule has 13 heavy (non-hydrogen) atoms. The predicted molar refractivity (Wildman–Crippen MR) is 55.6 cm³/mol. The maximum absolute atomic E-state index is 11.2. The molecule has 0 heterocycles. The first-order valence-electron chi connectivity index (χ1n) is 5.40. The van der Waals surface area contributed by atoms with Crippen molar-refractivity contribution in [3.05, 3.63) is 12.2 Å². The van der Waals surface area contributed by atoms with Crippen LogP contribution in [0.5, 0.6) is 0 Å². The van der Waals surface area contributed by atoms with Crippen molar-refractivity contribution in [2.24, 2.45) is 11.8 Å². The molecule has 0 spiro atoms. The van der Waals surface area contributed by atoms with Crippen molar-refractivity contribution in [1.82, 2.24) is 0 Å². The molecule has 1 saturated carbocycles. The van der Waals surface area contributed by atoms with E-state index in [-0.39, 0.29) is 11.7 Å². The van der Waals surface area contributed by atoms with Gasteiger partial charge in [0.2, 0.25) is 0 Å². The summed E-state index contributed by atoms with van der Waals surface area (Å²) >= 11 is 0. The average Bonchev–Trinajstić information content (AvgIpc) is 2.56. The Morgan fingerprint density at radius 3 is 2.54 bits per heavy atom. The van der Waals surface area contributed by atoms with Crippen molar-refractivity contribution in [2.45, 2.75) is 46.0 Å². The summed E-state index contributed by atoms with van der Waals surface area (Å²) in [5.74, 6) is 1.27. The molecule has 1 heteroatoms. The van der Waals surface area contributed by atoms with Gasteiger partial charge in [-0.3, -0.25) is 4.79 Å². The van der Waals surface area contributed by atoms with Gasteiger partial charge in [-0.05, 0) is 18.4 Å². The number of allylic oxidation sites excluding steroid dienone is 2. The summed E-state index contributed by atoms with van der Waals surface area (Å²) in [6.45, 7) is 3.89. The van der Waals surface area contributed by atoms with E-state index in [9.17, 15) is 4.79 Å². The van der Waals surface area contributed by atoms with Gasteiger partial charge < -0.3 is 0 Å². The van der Waals surface area contributed by atoms with Gasteiger partial charge >= 0.3 is 0 Å². The minimum Gasteiger partial charge on any atom is -0.295 e. The summed E-state index contributed by atoms with van der Waals surface area (Å²) in [6.07, 6.45) is 10.4. The van der Waals surface area contributed by atoms with Crippen LogP contribution >= 0.6 is 0 Å². The Balaban J connectivity index is 2.20. The first-order valence-corrected chi connectivity index (χ1v) is 5.40. The molecule has 1 rings (SSSR count). The van der Waals surface area contributed by atoms with Crippen LogP contribution in [0.2, 0.25) is 0 Å². The topological polar surface area (TPSA) is 17.1 Å². The third-order valence-corrected chi connectivity index (χ3v) is 2.80. The second-order valence-corrected chi connectivity index (χ2v) is 4.35. The molecular formula is C12H20O. The third-order valence-electron chi connectivity index (χ3n) is 2.80. The number of rotatable bonds is 4. The minimum atomic E-state index is 0.153. The van der Waals surface area contributed by atoms with E-state index in [1.54, 1.807) is 6.08 Å². The van der Waals surface area contributed by atoms with Gasteiger partial charge in [-0.2, -0.15) is 0 Å². The third kappa shape index (κ3) is 3.75. The molecule has 1 fully saturated rings. The maximum Gasteiger partial charge on any atom is 0.157 e. The summed E-state index contributed by atoms with van der Waals surface area (Å²) < 4.78 is 0. The molecular weight excluding hydrogens is 160 g/mol. The van der Waals surface area contributed by atoms with E-state index in [0.717, 1.165) is 12.3 Å². The Morgan fingerprint density at radius 2 is 2.00 bits per heavy atom. The molecule has 0 bridgehead atoms. The molecule has 0 aliphatic heterocycles. The summed E-state index contributed by atoms with van der Waals surface area (Å²) in [7, 11) is 0. The number of ketones is 1. The van der Waals surface area contributed by atoms with Gasteiger partial charge in [0.15, 0.2) is 5.78 Å². The second-order valence-electron chi connectivity index (χ2n) is 4.35. The molecule has 0 aromatic heterocycles. The highest BCUT2D eigenvalue weighted by Gasteiger charge is 2.13. The van der Waals surface area contributed by atoms with E-state index < -0.39 is 0 Å². The number of carbonyl (C=O) groups excluding carboxylic acids is 1. The first kappa shape index (κ1) is 10.5. The van der Waals surface area contributed by atoms with Gasteiger partial charge in [0, 0.05) is 5.92 Å². The van der Waals surface area contributed by atoms with Crippen LogP contribution in [0.25, 0.3) is 0 Å². The molecule has 0 aromatic rings. The fourth-order valence-corrected chi connectivity index (χ4v) is 1.82. The average molecular weight is 180 g/mol. The minimum absolute atomic E-state index is 0.153. The molecule has 0 saturated heterocycles. The molecule has 0 unspecified atom stereocenters. The smallest absolute Gasteiger partial charge is 0.157 e. The van der Waals surface area contributed by atoms with Gasteiger partial charge in [0.1, 0.15) is 0 Å². The maximum atomic E-state index is 11.2. The Kier molecular flexibility index (Phi) is 4.20. The van der Waals surface area contributed by atoms with E-state index in [2.05, 4.69) is 6.08 Å². The van der Waals surface area contributed by atoms with E-state index in [1.165, 1.54) is 25.7 Å². The zero-order valence-electron chi connectivity index (χ0n) is 8.75. The monoisotopic (exact) mass is 180 g/mol. The van der Waals surface area contributed by atoms with Crippen LogP contribution in [-0.4, -0.2) is 5.78 Å². The van der Waals surface area contributed by atoms with Crippen molar-refractivity contribution >= 4 is 5.78 Å². The van der Waals surface area contributed by atoms with Crippen molar-refractivity contribution in [2.75, 3.05) is 0 Å². The highest BCUT2D eigenvalue weighted by Crippen LogP contribution is 2.27. The molecule has 0 atom stereocenters. The van der Waals surface area contributed by atoms with Crippen LogP contribution in [0.3, 0.4) is 0 Å². The summed E-state index contributed by atoms with van der Waals surface area (Å²) in [5, 5.41) is 0. The van der Waals surface area contributed by atoms with Crippen LogP contribution < -0.4 is 0 Å². The standard InChI is InChI=1S/C12H20O/c1-10(2)12(13)9-5-8-11-6-3-4-7-11/h5,9-11H,3-4,6-8H2,1-2H3/b9-5+. The van der Waals surface area contributed by atoms with E-state index in [4.69, 9.17) is 0 Å². The van der Waals surface area contributed by atoms with Crippen LogP contribution in [0.15, 0.2) is 12.2 Å². The fourth-order valence-electron chi connectivity index (χ4n) is 1.82. The lowest BCUT2D eigenvalue weighted by atomic mass is 10.0. The normalized spacial score (nSPS) is 19.0. The number of carbonyl (C=O) groups is 1. The Morgan fingerprint density at radius 1 is 1.38 bits per heavy atom. The van der Waals surface area contributed by atoms with Gasteiger partial charge in [-0.1, -0.05) is 45.6 Å². The van der Waals surface area contributed by atoms with Crippen LogP contribution in [0, 0.1) is 11.8 Å². The van der Waals surface area contributed by atoms with Gasteiger partial charge in [-0.25, -0.2) is 0 Å². The van der Waals surface area contributed by atoms with Gasteiger partial charge in [0.05, 0.1) is 0 Å². The van der Waals surface area contributed by atoms with Gasteiger partial charge in [0.25, 0.3) is 0 Å². The zero-order valence-corrected chi connectivity index (χ0v) is 8.75. The van der Waals surface area contributed by atoms with Crippen molar-refractivity contribution in [3.63, 3.8) is 0 Å².